The Bertz CT molecular complexity index is 739. The normalized spacial score (nSPS) is 26.1. The molecule has 2 unspecified atom stereocenters. The quantitative estimate of drug-likeness (QED) is 0.779. The summed E-state index contributed by atoms with van der Waals surface area (Å²) in [4.78, 5) is 32.8. The van der Waals surface area contributed by atoms with E-state index in [1.807, 2.05) is 28.0 Å². The number of amides is 2. The molecule has 1 aromatic rings. The van der Waals surface area contributed by atoms with Gasteiger partial charge >= 0.3 is 0 Å². The zero-order valence-electron chi connectivity index (χ0n) is 17.7. The molecule has 6 heteroatoms. The van der Waals surface area contributed by atoms with E-state index in [1.165, 1.54) is 0 Å². The second-order valence-electron chi connectivity index (χ2n) is 8.84. The van der Waals surface area contributed by atoms with Gasteiger partial charge in [0.05, 0.1) is 13.0 Å². The standard InChI is InChI=1S/C23H33N3O3/c1-24-10-12-25(13-11-24)23(28)21-16-26(22(27)17-6-3-4-7-17)15-20(21)18-8-5-9-19(14-18)29-2/h5,8-9,14,17,20-21H,3-4,6-7,10-13,15-16H2,1-2H3. The van der Waals surface area contributed by atoms with Gasteiger partial charge in [-0.3, -0.25) is 9.59 Å². The second kappa shape index (κ2) is 8.74. The molecule has 0 bridgehead atoms. The predicted molar refractivity (Wildman–Crippen MR) is 112 cm³/mol. The Morgan fingerprint density at radius 1 is 0.966 bits per heavy atom. The van der Waals surface area contributed by atoms with Gasteiger partial charge in [-0.25, -0.2) is 0 Å². The number of carbonyl (C=O) groups excluding carboxylic acids is 2. The Hall–Kier alpha value is -2.08. The number of ether oxygens (including phenoxy) is 1. The first-order valence-corrected chi connectivity index (χ1v) is 11.0. The predicted octanol–water partition coefficient (Wildman–Crippen LogP) is 2.20. The van der Waals surface area contributed by atoms with Crippen LogP contribution in [0.5, 0.6) is 5.75 Å². The van der Waals surface area contributed by atoms with Crippen molar-refractivity contribution in [2.24, 2.45) is 11.8 Å². The zero-order valence-corrected chi connectivity index (χ0v) is 17.7. The van der Waals surface area contributed by atoms with Crippen LogP contribution in [0.2, 0.25) is 0 Å². The molecule has 6 nitrogen and oxygen atoms in total. The molecule has 1 saturated carbocycles. The fourth-order valence-corrected chi connectivity index (χ4v) is 5.14. The van der Waals surface area contributed by atoms with Gasteiger partial charge in [0.15, 0.2) is 0 Å². The van der Waals surface area contributed by atoms with Gasteiger partial charge in [0.25, 0.3) is 0 Å². The number of carbonyl (C=O) groups is 2. The molecule has 3 fully saturated rings. The highest BCUT2D eigenvalue weighted by Crippen LogP contribution is 2.37. The van der Waals surface area contributed by atoms with Crippen molar-refractivity contribution in [2.75, 3.05) is 53.4 Å². The number of rotatable bonds is 4. The largest absolute Gasteiger partial charge is 0.497 e. The fourth-order valence-electron chi connectivity index (χ4n) is 5.14. The molecular weight excluding hydrogens is 366 g/mol. The average molecular weight is 400 g/mol. The van der Waals surface area contributed by atoms with E-state index in [4.69, 9.17) is 4.74 Å². The molecule has 1 aliphatic carbocycles. The molecule has 0 spiro atoms. The van der Waals surface area contributed by atoms with Crippen LogP contribution in [0.25, 0.3) is 0 Å². The first-order valence-electron chi connectivity index (χ1n) is 11.0. The lowest BCUT2D eigenvalue weighted by molar-refractivity contribution is -0.138. The molecule has 2 aliphatic heterocycles. The minimum Gasteiger partial charge on any atom is -0.497 e. The summed E-state index contributed by atoms with van der Waals surface area (Å²) in [6.45, 7) is 4.54. The van der Waals surface area contributed by atoms with Crippen molar-refractivity contribution < 1.29 is 14.3 Å². The monoisotopic (exact) mass is 399 g/mol. The molecule has 2 amide bonds. The van der Waals surface area contributed by atoms with Gasteiger partial charge in [-0.15, -0.1) is 0 Å². The number of likely N-dealkylation sites (N-methyl/N-ethyl adjacent to an activating group) is 1. The maximum Gasteiger partial charge on any atom is 0.228 e. The van der Waals surface area contributed by atoms with Crippen molar-refractivity contribution in [3.05, 3.63) is 29.8 Å². The van der Waals surface area contributed by atoms with E-state index in [2.05, 4.69) is 18.0 Å². The summed E-state index contributed by atoms with van der Waals surface area (Å²) in [6, 6.07) is 8.00. The molecule has 0 radical (unpaired) electrons. The molecule has 4 rings (SSSR count). The summed E-state index contributed by atoms with van der Waals surface area (Å²) in [5.74, 6) is 1.27. The van der Waals surface area contributed by atoms with Crippen LogP contribution in [0.15, 0.2) is 24.3 Å². The number of methoxy groups -OCH3 is 1. The topological polar surface area (TPSA) is 53.1 Å². The summed E-state index contributed by atoms with van der Waals surface area (Å²) in [6.07, 6.45) is 4.28. The van der Waals surface area contributed by atoms with Crippen LogP contribution in [0.3, 0.4) is 0 Å². The van der Waals surface area contributed by atoms with Crippen LogP contribution in [0.1, 0.15) is 37.2 Å². The minimum absolute atomic E-state index is 0.0302. The fraction of sp³-hybridized carbons (Fsp3) is 0.652. The molecule has 2 saturated heterocycles. The third kappa shape index (κ3) is 4.27. The van der Waals surface area contributed by atoms with Crippen LogP contribution in [-0.4, -0.2) is 79.9 Å². The maximum atomic E-state index is 13.5. The van der Waals surface area contributed by atoms with E-state index in [1.54, 1.807) is 7.11 Å². The number of benzene rings is 1. The Labute approximate surface area is 173 Å². The number of hydrogen-bond donors (Lipinski definition) is 0. The lowest BCUT2D eigenvalue weighted by Crippen LogP contribution is -2.50. The van der Waals surface area contributed by atoms with Crippen LogP contribution >= 0.6 is 0 Å². The van der Waals surface area contributed by atoms with Crippen molar-refractivity contribution in [1.29, 1.82) is 0 Å². The van der Waals surface area contributed by atoms with Crippen molar-refractivity contribution in [3.8, 4) is 5.75 Å². The zero-order chi connectivity index (χ0) is 20.4. The molecule has 1 aromatic carbocycles. The summed E-state index contributed by atoms with van der Waals surface area (Å²) in [5.41, 5.74) is 1.10. The van der Waals surface area contributed by atoms with Crippen LogP contribution in [0, 0.1) is 11.8 Å². The summed E-state index contributed by atoms with van der Waals surface area (Å²) in [7, 11) is 3.76. The molecule has 0 aromatic heterocycles. The summed E-state index contributed by atoms with van der Waals surface area (Å²) >= 11 is 0. The van der Waals surface area contributed by atoms with Gasteiger partial charge in [0.1, 0.15) is 5.75 Å². The molecule has 158 valence electrons. The molecular formula is C23H33N3O3. The molecule has 3 aliphatic rings. The third-order valence-corrected chi connectivity index (χ3v) is 6.99. The third-order valence-electron chi connectivity index (χ3n) is 6.99. The van der Waals surface area contributed by atoms with E-state index in [-0.39, 0.29) is 29.6 Å². The highest BCUT2D eigenvalue weighted by Gasteiger charge is 2.43. The van der Waals surface area contributed by atoms with Crippen molar-refractivity contribution >= 4 is 11.8 Å². The molecule has 2 heterocycles. The Morgan fingerprint density at radius 3 is 2.38 bits per heavy atom. The number of likely N-dealkylation sites (tertiary alicyclic amines) is 1. The van der Waals surface area contributed by atoms with Crippen LogP contribution in [0.4, 0.5) is 0 Å². The van der Waals surface area contributed by atoms with E-state index in [9.17, 15) is 9.59 Å². The van der Waals surface area contributed by atoms with Crippen LogP contribution in [-0.2, 0) is 9.59 Å². The second-order valence-corrected chi connectivity index (χ2v) is 8.84. The van der Waals surface area contributed by atoms with Gasteiger partial charge in [-0.2, -0.15) is 0 Å². The van der Waals surface area contributed by atoms with Crippen molar-refractivity contribution in [2.45, 2.75) is 31.6 Å². The first kappa shape index (κ1) is 20.2. The highest BCUT2D eigenvalue weighted by molar-refractivity contribution is 5.84. The number of hydrogen-bond acceptors (Lipinski definition) is 4. The highest BCUT2D eigenvalue weighted by atomic mass is 16.5. The SMILES string of the molecule is COc1cccc(C2CN(C(=O)C3CCCC3)CC2C(=O)N2CCN(C)CC2)c1. The van der Waals surface area contributed by atoms with E-state index < -0.39 is 0 Å². The smallest absolute Gasteiger partial charge is 0.228 e. The number of nitrogens with zero attached hydrogens (tertiary/aromatic N) is 3. The van der Waals surface area contributed by atoms with Gasteiger partial charge in [-0.05, 0) is 37.6 Å². The molecule has 29 heavy (non-hydrogen) atoms. The van der Waals surface area contributed by atoms with Crippen molar-refractivity contribution in [1.82, 2.24) is 14.7 Å². The molecule has 0 N–H and O–H groups in total. The first-order chi connectivity index (χ1) is 14.1. The van der Waals surface area contributed by atoms with E-state index in [0.29, 0.717) is 13.1 Å². The van der Waals surface area contributed by atoms with Crippen molar-refractivity contribution in [3.63, 3.8) is 0 Å². The van der Waals surface area contributed by atoms with Gasteiger partial charge in [0, 0.05) is 51.1 Å². The Balaban J connectivity index is 1.56. The average Bonchev–Trinajstić information content (AvgIpc) is 3.44. The Kier molecular flexibility index (Phi) is 6.09. The van der Waals surface area contributed by atoms with E-state index >= 15 is 0 Å². The summed E-state index contributed by atoms with van der Waals surface area (Å²) < 4.78 is 5.41. The van der Waals surface area contributed by atoms with Crippen LogP contribution < -0.4 is 4.74 Å². The van der Waals surface area contributed by atoms with Gasteiger partial charge in [-0.1, -0.05) is 25.0 Å². The molecule has 2 atom stereocenters. The minimum atomic E-state index is -0.170. The van der Waals surface area contributed by atoms with Gasteiger partial charge < -0.3 is 19.4 Å². The summed E-state index contributed by atoms with van der Waals surface area (Å²) in [5, 5.41) is 0. The van der Waals surface area contributed by atoms with E-state index in [0.717, 1.165) is 63.2 Å². The Morgan fingerprint density at radius 2 is 1.69 bits per heavy atom. The maximum absolute atomic E-state index is 13.5. The lowest BCUT2D eigenvalue weighted by Gasteiger charge is -2.35. The lowest BCUT2D eigenvalue weighted by atomic mass is 9.87. The van der Waals surface area contributed by atoms with Gasteiger partial charge in [0.2, 0.25) is 11.8 Å². The number of piperazine rings is 1.